The third-order valence-electron chi connectivity index (χ3n) is 5.00. The number of aliphatic hydroxyl groups is 1. The van der Waals surface area contributed by atoms with Gasteiger partial charge in [0, 0.05) is 32.6 Å². The molecule has 32 heavy (non-hydrogen) atoms. The average molecular weight is 437 g/mol. The van der Waals surface area contributed by atoms with E-state index in [2.05, 4.69) is 5.10 Å². The number of carboxylic acid groups (broad SMARTS) is 2. The molecular formula is C23H23N3O6. The minimum absolute atomic E-state index is 0.0499. The molecule has 0 saturated heterocycles. The van der Waals surface area contributed by atoms with Crippen molar-refractivity contribution < 1.29 is 29.7 Å². The van der Waals surface area contributed by atoms with Gasteiger partial charge in [0.2, 0.25) is 0 Å². The maximum atomic E-state index is 13.0. The van der Waals surface area contributed by atoms with Crippen molar-refractivity contribution in [2.75, 3.05) is 6.54 Å². The Kier molecular flexibility index (Phi) is 7.01. The molecule has 0 fully saturated rings. The molecule has 1 atom stereocenters. The molecule has 0 unspecified atom stereocenters. The van der Waals surface area contributed by atoms with Crippen molar-refractivity contribution in [1.29, 1.82) is 0 Å². The molecular weight excluding hydrogens is 414 g/mol. The monoisotopic (exact) mass is 437 g/mol. The van der Waals surface area contributed by atoms with Gasteiger partial charge in [-0.1, -0.05) is 54.6 Å². The number of nitrogens with zero attached hydrogens (tertiary/aromatic N) is 3. The van der Waals surface area contributed by atoms with Gasteiger partial charge in [0.1, 0.15) is 5.69 Å². The van der Waals surface area contributed by atoms with Crippen LogP contribution in [0, 0.1) is 0 Å². The molecule has 3 rings (SSSR count). The molecule has 3 N–H and O–H groups in total. The highest BCUT2D eigenvalue weighted by Gasteiger charge is 2.24. The second kappa shape index (κ2) is 9.88. The van der Waals surface area contributed by atoms with Gasteiger partial charge < -0.3 is 20.2 Å². The normalized spacial score (nSPS) is 11.7. The third kappa shape index (κ3) is 5.38. The lowest BCUT2D eigenvalue weighted by molar-refractivity contribution is -0.147. The first kappa shape index (κ1) is 22.7. The van der Waals surface area contributed by atoms with Gasteiger partial charge in [0.05, 0.1) is 0 Å². The number of aliphatic hydroxyl groups excluding tert-OH is 1. The summed E-state index contributed by atoms with van der Waals surface area (Å²) in [6, 6.07) is 18.5. The van der Waals surface area contributed by atoms with Crippen LogP contribution in [0.4, 0.5) is 0 Å². The Bertz CT molecular complexity index is 1110. The molecule has 0 radical (unpaired) electrons. The van der Waals surface area contributed by atoms with E-state index in [0.717, 1.165) is 21.4 Å². The number of hydrogen-bond donors (Lipinski definition) is 3. The van der Waals surface area contributed by atoms with Crippen LogP contribution in [-0.4, -0.2) is 60.5 Å². The average Bonchev–Trinajstić information content (AvgIpc) is 3.18. The number of benzene rings is 2. The number of aliphatic carboxylic acids is 1. The number of carbonyl (C=O) groups excluding carboxylic acids is 1. The zero-order chi connectivity index (χ0) is 23.3. The molecule has 9 heteroatoms. The lowest BCUT2D eigenvalue weighted by atomic mass is 10.0. The second-order valence-corrected chi connectivity index (χ2v) is 7.28. The van der Waals surface area contributed by atoms with Crippen LogP contribution in [0.2, 0.25) is 0 Å². The zero-order valence-electron chi connectivity index (χ0n) is 17.4. The Morgan fingerprint density at radius 1 is 1.00 bits per heavy atom. The molecule has 2 aromatic carbocycles. The minimum Gasteiger partial charge on any atom is -0.479 e. The summed E-state index contributed by atoms with van der Waals surface area (Å²) in [6.45, 7) is 0.0882. The lowest BCUT2D eigenvalue weighted by Crippen LogP contribution is -2.35. The van der Waals surface area contributed by atoms with Gasteiger partial charge >= 0.3 is 11.9 Å². The Morgan fingerprint density at radius 2 is 1.62 bits per heavy atom. The highest BCUT2D eigenvalue weighted by molar-refractivity contribution is 5.95. The molecule has 166 valence electrons. The first-order chi connectivity index (χ1) is 15.3. The van der Waals surface area contributed by atoms with Crippen molar-refractivity contribution in [3.8, 4) is 11.1 Å². The zero-order valence-corrected chi connectivity index (χ0v) is 17.4. The Balaban J connectivity index is 1.82. The number of carbonyl (C=O) groups is 3. The van der Waals surface area contributed by atoms with Gasteiger partial charge in [-0.05, 0) is 16.7 Å². The third-order valence-corrected chi connectivity index (χ3v) is 5.00. The summed E-state index contributed by atoms with van der Waals surface area (Å²) in [6.07, 6.45) is -1.80. The van der Waals surface area contributed by atoms with Crippen molar-refractivity contribution in [1.82, 2.24) is 14.7 Å². The first-order valence-corrected chi connectivity index (χ1v) is 9.88. The predicted molar refractivity (Wildman–Crippen MR) is 115 cm³/mol. The number of hydrogen-bond acceptors (Lipinski definition) is 5. The van der Waals surface area contributed by atoms with Gasteiger partial charge in [0.25, 0.3) is 5.91 Å². The molecule has 0 aliphatic carbocycles. The van der Waals surface area contributed by atoms with Crippen LogP contribution in [0.1, 0.15) is 33.0 Å². The summed E-state index contributed by atoms with van der Waals surface area (Å²) in [5, 5.41) is 31.8. The van der Waals surface area contributed by atoms with Crippen LogP contribution in [0.25, 0.3) is 11.1 Å². The predicted octanol–water partition coefficient (Wildman–Crippen LogP) is 2.26. The van der Waals surface area contributed by atoms with E-state index < -0.39 is 23.9 Å². The standard InChI is InChI=1S/C23H23N3O6/c1-25-19(22(29)30)13-18(24-25)21(28)26(12-11-20(27)23(31)32)14-15-7-9-17(10-8-15)16-5-3-2-4-6-16/h2-10,13,20,27H,11-12,14H2,1H3,(H,29,30)(H,31,32)/t20-/m1/s1. The number of aromatic carboxylic acids is 1. The Labute approximate surface area is 184 Å². The van der Waals surface area contributed by atoms with Crippen LogP contribution in [0.5, 0.6) is 0 Å². The van der Waals surface area contributed by atoms with E-state index in [0.29, 0.717) is 0 Å². The van der Waals surface area contributed by atoms with Crippen molar-refractivity contribution in [3.05, 3.63) is 77.6 Å². The summed E-state index contributed by atoms with van der Waals surface area (Å²) < 4.78 is 1.09. The first-order valence-electron chi connectivity index (χ1n) is 9.88. The van der Waals surface area contributed by atoms with E-state index >= 15 is 0 Å². The molecule has 0 saturated carbocycles. The molecule has 1 heterocycles. The maximum absolute atomic E-state index is 13.0. The fraction of sp³-hybridized carbons (Fsp3) is 0.217. The number of aryl methyl sites for hydroxylation is 1. The quantitative estimate of drug-likeness (QED) is 0.468. The fourth-order valence-electron chi connectivity index (χ4n) is 3.24. The van der Waals surface area contributed by atoms with E-state index in [1.54, 1.807) is 0 Å². The summed E-state index contributed by atoms with van der Waals surface area (Å²) >= 11 is 0. The smallest absolute Gasteiger partial charge is 0.354 e. The van der Waals surface area contributed by atoms with Crippen molar-refractivity contribution in [3.63, 3.8) is 0 Å². The van der Waals surface area contributed by atoms with Crippen LogP contribution < -0.4 is 0 Å². The molecule has 1 aromatic heterocycles. The highest BCUT2D eigenvalue weighted by Crippen LogP contribution is 2.20. The van der Waals surface area contributed by atoms with Crippen molar-refractivity contribution >= 4 is 17.8 Å². The van der Waals surface area contributed by atoms with Crippen molar-refractivity contribution in [2.24, 2.45) is 7.05 Å². The van der Waals surface area contributed by atoms with Crippen LogP contribution >= 0.6 is 0 Å². The van der Waals surface area contributed by atoms with E-state index in [1.165, 1.54) is 18.0 Å². The number of rotatable bonds is 9. The summed E-state index contributed by atoms with van der Waals surface area (Å²) in [5.41, 5.74) is 2.62. The topological polar surface area (TPSA) is 133 Å². The van der Waals surface area contributed by atoms with Crippen molar-refractivity contribution in [2.45, 2.75) is 19.1 Å². The minimum atomic E-state index is -1.62. The Hall–Kier alpha value is -3.98. The molecule has 0 bridgehead atoms. The molecule has 0 aliphatic heterocycles. The maximum Gasteiger partial charge on any atom is 0.354 e. The Morgan fingerprint density at radius 3 is 2.19 bits per heavy atom. The molecule has 3 aromatic rings. The summed E-state index contributed by atoms with van der Waals surface area (Å²) in [7, 11) is 1.42. The van der Waals surface area contributed by atoms with E-state index in [4.69, 9.17) is 5.11 Å². The lowest BCUT2D eigenvalue weighted by Gasteiger charge is -2.23. The van der Waals surface area contributed by atoms with E-state index in [1.807, 2.05) is 54.6 Å². The molecule has 1 amide bonds. The van der Waals surface area contributed by atoms with Gasteiger partial charge in [0.15, 0.2) is 11.8 Å². The number of amides is 1. The largest absolute Gasteiger partial charge is 0.479 e. The molecule has 0 spiro atoms. The highest BCUT2D eigenvalue weighted by atomic mass is 16.4. The summed E-state index contributed by atoms with van der Waals surface area (Å²) in [5.74, 6) is -3.16. The SMILES string of the molecule is Cn1nc(C(=O)N(CC[C@@H](O)C(=O)O)Cc2ccc(-c3ccccc3)cc2)cc1C(=O)O. The summed E-state index contributed by atoms with van der Waals surface area (Å²) in [4.78, 5) is 36.6. The van der Waals surface area contributed by atoms with Gasteiger partial charge in [-0.25, -0.2) is 9.59 Å². The van der Waals surface area contributed by atoms with E-state index in [9.17, 15) is 24.6 Å². The molecule has 0 aliphatic rings. The van der Waals surface area contributed by atoms with Gasteiger partial charge in [-0.2, -0.15) is 5.10 Å². The fourth-order valence-corrected chi connectivity index (χ4v) is 3.24. The van der Waals surface area contributed by atoms with Crippen LogP contribution in [0.15, 0.2) is 60.7 Å². The molecule has 9 nitrogen and oxygen atoms in total. The van der Waals surface area contributed by atoms with Crippen LogP contribution in [0.3, 0.4) is 0 Å². The van der Waals surface area contributed by atoms with Gasteiger partial charge in [-0.15, -0.1) is 0 Å². The van der Waals surface area contributed by atoms with Crippen LogP contribution in [-0.2, 0) is 18.4 Å². The van der Waals surface area contributed by atoms with E-state index in [-0.39, 0.29) is 30.9 Å². The number of carboxylic acids is 2. The second-order valence-electron chi connectivity index (χ2n) is 7.28. The number of aromatic nitrogens is 2. The van der Waals surface area contributed by atoms with Gasteiger partial charge in [-0.3, -0.25) is 9.48 Å².